The van der Waals surface area contributed by atoms with Crippen molar-refractivity contribution in [1.29, 1.82) is 0 Å². The van der Waals surface area contributed by atoms with Gasteiger partial charge in [0, 0.05) is 13.0 Å². The van der Waals surface area contributed by atoms with Gasteiger partial charge in [0.1, 0.15) is 12.4 Å². The summed E-state index contributed by atoms with van der Waals surface area (Å²) in [5.74, 6) is 0.469. The van der Waals surface area contributed by atoms with Gasteiger partial charge in [-0.2, -0.15) is 5.48 Å². The van der Waals surface area contributed by atoms with Crippen molar-refractivity contribution in [3.05, 3.63) is 29.3 Å². The van der Waals surface area contributed by atoms with Crippen molar-refractivity contribution < 1.29 is 14.4 Å². The number of benzene rings is 1. The molecule has 86 valence electrons. The summed E-state index contributed by atoms with van der Waals surface area (Å²) in [7, 11) is 0. The zero-order valence-electron chi connectivity index (χ0n) is 8.86. The van der Waals surface area contributed by atoms with E-state index in [1.807, 2.05) is 12.1 Å². The van der Waals surface area contributed by atoms with Crippen molar-refractivity contribution in [2.24, 2.45) is 5.73 Å². The molecule has 0 radical (unpaired) electrons. The number of amides is 1. The molecule has 1 heterocycles. The third-order valence-electron chi connectivity index (χ3n) is 2.35. The van der Waals surface area contributed by atoms with E-state index in [0.29, 0.717) is 6.54 Å². The highest BCUT2D eigenvalue weighted by molar-refractivity contribution is 5.74. The zero-order chi connectivity index (χ0) is 11.4. The van der Waals surface area contributed by atoms with Gasteiger partial charge in [0.25, 0.3) is 0 Å². The lowest BCUT2D eigenvalue weighted by Crippen LogP contribution is -2.24. The van der Waals surface area contributed by atoms with Gasteiger partial charge in [0.2, 0.25) is 5.91 Å². The van der Waals surface area contributed by atoms with Crippen LogP contribution in [-0.2, 0) is 22.6 Å². The highest BCUT2D eigenvalue weighted by atomic mass is 16.6. The summed E-state index contributed by atoms with van der Waals surface area (Å²) in [5.41, 5.74) is 9.92. The Kier molecular flexibility index (Phi) is 3.38. The fourth-order valence-corrected chi connectivity index (χ4v) is 1.61. The van der Waals surface area contributed by atoms with Gasteiger partial charge in [-0.3, -0.25) is 9.63 Å². The van der Waals surface area contributed by atoms with Crippen LogP contribution in [0.5, 0.6) is 5.75 Å². The van der Waals surface area contributed by atoms with Crippen LogP contribution >= 0.6 is 0 Å². The topological polar surface area (TPSA) is 73.6 Å². The number of hydroxylamine groups is 1. The molecule has 0 aliphatic carbocycles. The molecular formula is C11H14N2O3. The van der Waals surface area contributed by atoms with E-state index in [1.54, 1.807) is 0 Å². The van der Waals surface area contributed by atoms with Crippen molar-refractivity contribution in [2.45, 2.75) is 13.0 Å². The fraction of sp³-hybridized carbons (Fsp3) is 0.364. The second-order valence-corrected chi connectivity index (χ2v) is 3.62. The van der Waals surface area contributed by atoms with Crippen molar-refractivity contribution in [3.8, 4) is 5.75 Å². The lowest BCUT2D eigenvalue weighted by atomic mass is 10.1. The van der Waals surface area contributed by atoms with Crippen LogP contribution < -0.4 is 16.0 Å². The normalized spacial score (nSPS) is 13.2. The van der Waals surface area contributed by atoms with E-state index in [4.69, 9.17) is 15.3 Å². The number of nitrogens with one attached hydrogen (secondary N) is 1. The van der Waals surface area contributed by atoms with Crippen LogP contribution in [0, 0.1) is 0 Å². The van der Waals surface area contributed by atoms with Crippen molar-refractivity contribution in [3.63, 3.8) is 0 Å². The molecule has 0 atom stereocenters. The minimum Gasteiger partial charge on any atom is -0.493 e. The largest absolute Gasteiger partial charge is 0.493 e. The molecule has 0 aromatic heterocycles. The lowest BCUT2D eigenvalue weighted by Gasteiger charge is -2.05. The number of nitrogens with two attached hydrogens (primary N) is 1. The van der Waals surface area contributed by atoms with E-state index in [-0.39, 0.29) is 6.61 Å². The van der Waals surface area contributed by atoms with Crippen LogP contribution in [0.15, 0.2) is 18.2 Å². The van der Waals surface area contributed by atoms with Crippen LogP contribution in [0.4, 0.5) is 0 Å². The van der Waals surface area contributed by atoms with E-state index in [9.17, 15) is 4.79 Å². The van der Waals surface area contributed by atoms with Crippen LogP contribution in [-0.4, -0.2) is 19.1 Å². The van der Waals surface area contributed by atoms with Gasteiger partial charge in [0.15, 0.2) is 0 Å². The fourth-order valence-electron chi connectivity index (χ4n) is 1.61. The maximum atomic E-state index is 10.4. The smallest absolute Gasteiger partial charge is 0.245 e. The summed E-state index contributed by atoms with van der Waals surface area (Å²) < 4.78 is 5.40. The molecular weight excluding hydrogens is 208 g/mol. The quantitative estimate of drug-likeness (QED) is 0.548. The average Bonchev–Trinajstić information content (AvgIpc) is 2.71. The molecule has 1 aromatic rings. The minimum absolute atomic E-state index is 0.117. The van der Waals surface area contributed by atoms with Crippen molar-refractivity contribution >= 4 is 5.91 Å². The molecule has 3 N–H and O–H groups in total. The van der Waals surface area contributed by atoms with Crippen LogP contribution in [0.1, 0.15) is 11.1 Å². The van der Waals surface area contributed by atoms with Crippen molar-refractivity contribution in [1.82, 2.24) is 5.48 Å². The van der Waals surface area contributed by atoms with Gasteiger partial charge in [-0.15, -0.1) is 0 Å². The van der Waals surface area contributed by atoms with E-state index in [2.05, 4.69) is 11.5 Å². The second-order valence-electron chi connectivity index (χ2n) is 3.62. The number of hydrogen-bond donors (Lipinski definition) is 2. The predicted molar refractivity (Wildman–Crippen MR) is 57.6 cm³/mol. The Morgan fingerprint density at radius 1 is 1.56 bits per heavy atom. The molecule has 0 spiro atoms. The van der Waals surface area contributed by atoms with Crippen molar-refractivity contribution in [2.75, 3.05) is 13.2 Å². The first-order chi connectivity index (χ1) is 7.75. The Bertz CT molecular complexity index is 393. The SMILES string of the molecule is NC(=O)CONCc1ccc2c(c1)CCO2. The first kappa shape index (κ1) is 10.9. The Morgan fingerprint density at radius 2 is 2.44 bits per heavy atom. The maximum absolute atomic E-state index is 10.4. The van der Waals surface area contributed by atoms with E-state index < -0.39 is 5.91 Å². The Hall–Kier alpha value is -1.59. The lowest BCUT2D eigenvalue weighted by molar-refractivity contribution is -0.125. The molecule has 0 fully saturated rings. The third kappa shape index (κ3) is 2.71. The first-order valence-corrected chi connectivity index (χ1v) is 5.13. The molecule has 16 heavy (non-hydrogen) atoms. The number of carbonyl (C=O) groups excluding carboxylic acids is 1. The van der Waals surface area contributed by atoms with Gasteiger partial charge < -0.3 is 10.5 Å². The summed E-state index contributed by atoms with van der Waals surface area (Å²) in [6.45, 7) is 1.18. The van der Waals surface area contributed by atoms with Crippen LogP contribution in [0.3, 0.4) is 0 Å². The van der Waals surface area contributed by atoms with Gasteiger partial charge in [0.05, 0.1) is 6.61 Å². The molecule has 0 saturated carbocycles. The molecule has 5 heteroatoms. The Labute approximate surface area is 93.5 Å². The molecule has 1 aliphatic heterocycles. The molecule has 0 bridgehead atoms. The molecule has 0 unspecified atom stereocenters. The number of hydrogen-bond acceptors (Lipinski definition) is 4. The Morgan fingerprint density at radius 3 is 3.25 bits per heavy atom. The van der Waals surface area contributed by atoms with Gasteiger partial charge >= 0.3 is 0 Å². The number of carbonyl (C=O) groups is 1. The molecule has 2 rings (SSSR count). The summed E-state index contributed by atoms with van der Waals surface area (Å²) in [5, 5.41) is 0. The maximum Gasteiger partial charge on any atom is 0.245 e. The standard InChI is InChI=1S/C11H14N2O3/c12-11(14)7-16-13-6-8-1-2-10-9(5-8)3-4-15-10/h1-2,5,13H,3-4,6-7H2,(H2,12,14). The first-order valence-electron chi connectivity index (χ1n) is 5.13. The van der Waals surface area contributed by atoms with Gasteiger partial charge in [-0.05, 0) is 17.2 Å². The average molecular weight is 222 g/mol. The summed E-state index contributed by atoms with van der Waals surface area (Å²) in [4.78, 5) is 15.3. The summed E-state index contributed by atoms with van der Waals surface area (Å²) in [6.07, 6.45) is 0.950. The monoisotopic (exact) mass is 222 g/mol. The third-order valence-corrected chi connectivity index (χ3v) is 2.35. The van der Waals surface area contributed by atoms with E-state index in [0.717, 1.165) is 24.3 Å². The summed E-state index contributed by atoms with van der Waals surface area (Å²) >= 11 is 0. The van der Waals surface area contributed by atoms with Crippen LogP contribution in [0.2, 0.25) is 0 Å². The number of ether oxygens (including phenoxy) is 1. The minimum atomic E-state index is -0.491. The molecule has 1 aliphatic rings. The number of fused-ring (bicyclic) bond motifs is 1. The van der Waals surface area contributed by atoms with Gasteiger partial charge in [-0.1, -0.05) is 12.1 Å². The number of rotatable bonds is 5. The molecule has 5 nitrogen and oxygen atoms in total. The van der Waals surface area contributed by atoms with Gasteiger partial charge in [-0.25, -0.2) is 0 Å². The van der Waals surface area contributed by atoms with Crippen LogP contribution in [0.25, 0.3) is 0 Å². The highest BCUT2D eigenvalue weighted by Gasteiger charge is 2.11. The zero-order valence-corrected chi connectivity index (χ0v) is 8.86. The molecule has 0 saturated heterocycles. The van der Waals surface area contributed by atoms with E-state index >= 15 is 0 Å². The number of primary amides is 1. The van der Waals surface area contributed by atoms with E-state index in [1.165, 1.54) is 5.56 Å². The predicted octanol–water partition coefficient (Wildman–Crippen LogP) is 0.128. The molecule has 1 aromatic carbocycles. The molecule has 1 amide bonds. The second kappa shape index (κ2) is 4.96. The highest BCUT2D eigenvalue weighted by Crippen LogP contribution is 2.25. The summed E-state index contributed by atoms with van der Waals surface area (Å²) in [6, 6.07) is 5.99. The Balaban J connectivity index is 1.83.